The molecule has 1 amide bonds. The lowest BCUT2D eigenvalue weighted by Gasteiger charge is -1.97. The van der Waals surface area contributed by atoms with Crippen molar-refractivity contribution in [2.45, 2.75) is 13.8 Å². The summed E-state index contributed by atoms with van der Waals surface area (Å²) >= 11 is 0. The van der Waals surface area contributed by atoms with Gasteiger partial charge in [0.25, 0.3) is 0 Å². The third-order valence-corrected chi connectivity index (χ3v) is 0.667. The molecule has 70 valence electrons. The number of alkyl carbamates (subject to hydrolysis) is 1. The molecule has 0 saturated heterocycles. The van der Waals surface area contributed by atoms with Gasteiger partial charge in [-0.05, 0) is 13.8 Å². The Morgan fingerprint density at radius 3 is 2.25 bits per heavy atom. The molecule has 0 aromatic rings. The Morgan fingerprint density at radius 1 is 1.58 bits per heavy atom. The number of rotatable bonds is 2. The summed E-state index contributed by atoms with van der Waals surface area (Å²) in [5.74, 6) is -0.0969. The van der Waals surface area contributed by atoms with Gasteiger partial charge in [0.2, 0.25) is 0 Å². The Bertz CT molecular complexity index is 154. The number of amides is 1. The highest BCUT2D eigenvalue weighted by atomic mass is 16.5. The summed E-state index contributed by atoms with van der Waals surface area (Å²) < 4.78 is 4.20. The zero-order valence-corrected chi connectivity index (χ0v) is 7.72. The number of methoxy groups -OCH3 is 1. The SMILES string of the molecule is C=CC.COC(=O)NCC(C)=O. The van der Waals surface area contributed by atoms with Crippen molar-refractivity contribution in [3.8, 4) is 0 Å². The van der Waals surface area contributed by atoms with Crippen molar-refractivity contribution in [3.63, 3.8) is 0 Å². The number of hydrogen-bond donors (Lipinski definition) is 1. The van der Waals surface area contributed by atoms with Gasteiger partial charge in [0.05, 0.1) is 13.7 Å². The van der Waals surface area contributed by atoms with Crippen molar-refractivity contribution in [1.29, 1.82) is 0 Å². The predicted molar refractivity (Wildman–Crippen MR) is 47.0 cm³/mol. The molecule has 0 aliphatic carbocycles. The van der Waals surface area contributed by atoms with Crippen LogP contribution in [0, 0.1) is 0 Å². The molecule has 0 fully saturated rings. The highest BCUT2D eigenvalue weighted by Gasteiger charge is 1.97. The van der Waals surface area contributed by atoms with Crippen LogP contribution in [0.2, 0.25) is 0 Å². The van der Waals surface area contributed by atoms with E-state index in [1.165, 1.54) is 14.0 Å². The summed E-state index contributed by atoms with van der Waals surface area (Å²) in [4.78, 5) is 20.4. The van der Waals surface area contributed by atoms with E-state index in [9.17, 15) is 9.59 Å². The minimum Gasteiger partial charge on any atom is -0.453 e. The van der Waals surface area contributed by atoms with E-state index in [1.54, 1.807) is 6.08 Å². The number of ether oxygens (including phenoxy) is 1. The van der Waals surface area contributed by atoms with E-state index in [0.717, 1.165) is 0 Å². The molecule has 0 heterocycles. The number of allylic oxidation sites excluding steroid dienone is 1. The first-order valence-electron chi connectivity index (χ1n) is 3.46. The minimum absolute atomic E-state index is 0.0344. The maximum atomic E-state index is 10.2. The standard InChI is InChI=1S/C5H9NO3.C3H6/c1-4(7)3-6-5(8)9-2;1-3-2/h3H2,1-2H3,(H,6,8);3H,1H2,2H3. The van der Waals surface area contributed by atoms with Crippen molar-refractivity contribution < 1.29 is 14.3 Å². The van der Waals surface area contributed by atoms with Crippen LogP contribution in [-0.2, 0) is 9.53 Å². The van der Waals surface area contributed by atoms with Crippen LogP contribution >= 0.6 is 0 Å². The second kappa shape index (κ2) is 9.68. The Hall–Kier alpha value is -1.32. The fourth-order valence-corrected chi connectivity index (χ4v) is 0.269. The van der Waals surface area contributed by atoms with Gasteiger partial charge < -0.3 is 10.1 Å². The van der Waals surface area contributed by atoms with Gasteiger partial charge in [-0.1, -0.05) is 6.08 Å². The normalized spacial score (nSPS) is 7.25. The van der Waals surface area contributed by atoms with Crippen molar-refractivity contribution >= 4 is 11.9 Å². The highest BCUT2D eigenvalue weighted by Crippen LogP contribution is 1.70. The molecule has 0 spiro atoms. The molecule has 4 heteroatoms. The van der Waals surface area contributed by atoms with Crippen LogP contribution < -0.4 is 5.32 Å². The summed E-state index contributed by atoms with van der Waals surface area (Å²) in [7, 11) is 1.25. The molecule has 0 saturated carbocycles. The molecule has 0 radical (unpaired) electrons. The average Bonchev–Trinajstić information content (AvgIpc) is 2.01. The van der Waals surface area contributed by atoms with Crippen LogP contribution in [0.25, 0.3) is 0 Å². The van der Waals surface area contributed by atoms with Gasteiger partial charge >= 0.3 is 6.09 Å². The van der Waals surface area contributed by atoms with E-state index < -0.39 is 6.09 Å². The van der Waals surface area contributed by atoms with Gasteiger partial charge in [-0.15, -0.1) is 6.58 Å². The summed E-state index contributed by atoms with van der Waals surface area (Å²) in [6, 6.07) is 0. The van der Waals surface area contributed by atoms with Gasteiger partial charge in [-0.2, -0.15) is 0 Å². The smallest absolute Gasteiger partial charge is 0.407 e. The molecule has 0 aromatic carbocycles. The molecule has 1 N–H and O–H groups in total. The van der Waals surface area contributed by atoms with Crippen molar-refractivity contribution in [2.75, 3.05) is 13.7 Å². The van der Waals surface area contributed by atoms with E-state index in [-0.39, 0.29) is 12.3 Å². The molecule has 0 rings (SSSR count). The topological polar surface area (TPSA) is 55.4 Å². The Kier molecular flexibility index (Phi) is 10.7. The summed E-state index contributed by atoms with van der Waals surface area (Å²) in [5, 5.41) is 2.22. The van der Waals surface area contributed by atoms with E-state index in [4.69, 9.17) is 0 Å². The number of ketones is 1. The van der Waals surface area contributed by atoms with Gasteiger partial charge in [0.15, 0.2) is 0 Å². The Labute approximate surface area is 72.6 Å². The Morgan fingerprint density at radius 2 is 2.00 bits per heavy atom. The number of Topliss-reactive ketones (excluding diaryl/α,β-unsaturated/α-hetero) is 1. The maximum absolute atomic E-state index is 10.2. The first-order valence-corrected chi connectivity index (χ1v) is 3.46. The lowest BCUT2D eigenvalue weighted by Crippen LogP contribution is -2.27. The van der Waals surface area contributed by atoms with E-state index in [1.807, 2.05) is 6.92 Å². The van der Waals surface area contributed by atoms with Crippen molar-refractivity contribution in [3.05, 3.63) is 12.7 Å². The molecule has 0 bridgehead atoms. The zero-order chi connectivity index (χ0) is 9.98. The monoisotopic (exact) mass is 173 g/mol. The van der Waals surface area contributed by atoms with E-state index in [0.29, 0.717) is 0 Å². The van der Waals surface area contributed by atoms with E-state index in [2.05, 4.69) is 16.6 Å². The van der Waals surface area contributed by atoms with Crippen molar-refractivity contribution in [1.82, 2.24) is 5.32 Å². The fourth-order valence-electron chi connectivity index (χ4n) is 0.269. The van der Waals surface area contributed by atoms with Crippen LogP contribution in [0.15, 0.2) is 12.7 Å². The number of carbonyl (C=O) groups excluding carboxylic acids is 2. The number of carbonyl (C=O) groups is 2. The van der Waals surface area contributed by atoms with Crippen molar-refractivity contribution in [2.24, 2.45) is 0 Å². The number of hydrogen-bond acceptors (Lipinski definition) is 3. The first kappa shape index (κ1) is 13.3. The fraction of sp³-hybridized carbons (Fsp3) is 0.500. The molecule has 12 heavy (non-hydrogen) atoms. The van der Waals surface area contributed by atoms with Crippen LogP contribution in [-0.4, -0.2) is 25.5 Å². The molecule has 0 aliphatic heterocycles. The molecular formula is C8H15NO3. The third kappa shape index (κ3) is 15.9. The zero-order valence-electron chi connectivity index (χ0n) is 7.72. The van der Waals surface area contributed by atoms with Gasteiger partial charge in [-0.25, -0.2) is 4.79 Å². The molecule has 0 unspecified atom stereocenters. The lowest BCUT2D eigenvalue weighted by molar-refractivity contribution is -0.116. The minimum atomic E-state index is -0.579. The van der Waals surface area contributed by atoms with E-state index >= 15 is 0 Å². The average molecular weight is 173 g/mol. The summed E-state index contributed by atoms with van der Waals surface area (Å²) in [6.45, 7) is 6.67. The molecule has 0 atom stereocenters. The first-order chi connectivity index (χ1) is 5.58. The maximum Gasteiger partial charge on any atom is 0.407 e. The second-order valence-electron chi connectivity index (χ2n) is 1.96. The largest absolute Gasteiger partial charge is 0.453 e. The van der Waals surface area contributed by atoms with Gasteiger partial charge in [-0.3, -0.25) is 4.79 Å². The second-order valence-corrected chi connectivity index (χ2v) is 1.96. The van der Waals surface area contributed by atoms with Crippen LogP contribution in [0.3, 0.4) is 0 Å². The van der Waals surface area contributed by atoms with Gasteiger partial charge in [0.1, 0.15) is 5.78 Å². The number of nitrogens with one attached hydrogen (secondary N) is 1. The molecule has 4 nitrogen and oxygen atoms in total. The summed E-state index contributed by atoms with van der Waals surface area (Å²) in [6.07, 6.45) is 1.17. The Balaban J connectivity index is 0. The molecule has 0 aliphatic rings. The lowest BCUT2D eigenvalue weighted by atomic mass is 10.4. The van der Waals surface area contributed by atoms with Crippen LogP contribution in [0.4, 0.5) is 4.79 Å². The quantitative estimate of drug-likeness (QED) is 0.637. The van der Waals surface area contributed by atoms with Crippen LogP contribution in [0.1, 0.15) is 13.8 Å². The van der Waals surface area contributed by atoms with Gasteiger partial charge in [0, 0.05) is 0 Å². The molecular weight excluding hydrogens is 158 g/mol. The van der Waals surface area contributed by atoms with Crippen LogP contribution in [0.5, 0.6) is 0 Å². The summed E-state index contributed by atoms with van der Waals surface area (Å²) in [5.41, 5.74) is 0. The predicted octanol–water partition coefficient (Wildman–Crippen LogP) is 1.12. The highest BCUT2D eigenvalue weighted by molar-refractivity contribution is 5.81. The third-order valence-electron chi connectivity index (χ3n) is 0.667. The molecule has 0 aromatic heterocycles.